The summed E-state index contributed by atoms with van der Waals surface area (Å²) in [4.78, 5) is 30.5. The van der Waals surface area contributed by atoms with E-state index in [1.54, 1.807) is 47.4 Å². The monoisotopic (exact) mass is 379 g/mol. The lowest BCUT2D eigenvalue weighted by Crippen LogP contribution is -2.34. The Kier molecular flexibility index (Phi) is 4.89. The maximum Gasteiger partial charge on any atom is 0.254 e. The second-order valence-electron chi connectivity index (χ2n) is 6.45. The number of amides is 2. The van der Waals surface area contributed by atoms with Gasteiger partial charge >= 0.3 is 0 Å². The van der Waals surface area contributed by atoms with Gasteiger partial charge in [-0.3, -0.25) is 9.59 Å². The summed E-state index contributed by atoms with van der Waals surface area (Å²) in [6.45, 7) is 1.21. The number of hydrogen-bond acceptors (Lipinski definition) is 4. The largest absolute Gasteiger partial charge is 0.436 e. The van der Waals surface area contributed by atoms with Gasteiger partial charge in [0.25, 0.3) is 5.91 Å². The number of oxazole rings is 1. The predicted octanol–water partition coefficient (Wildman–Crippen LogP) is 3.11. The Balaban J connectivity index is 1.66. The maximum absolute atomic E-state index is 14.0. The topological polar surface area (TPSA) is 75.4 Å². The summed E-state index contributed by atoms with van der Waals surface area (Å²) in [5.74, 6) is -0.133. The molecule has 0 saturated carbocycles. The van der Waals surface area contributed by atoms with Crippen LogP contribution in [-0.2, 0) is 4.79 Å². The van der Waals surface area contributed by atoms with E-state index in [2.05, 4.69) is 10.3 Å². The fourth-order valence-corrected chi connectivity index (χ4v) is 3.18. The molecular weight excluding hydrogens is 361 g/mol. The summed E-state index contributed by atoms with van der Waals surface area (Å²) < 4.78 is 19.8. The normalized spacial score (nSPS) is 14.5. The second-order valence-corrected chi connectivity index (χ2v) is 6.45. The summed E-state index contributed by atoms with van der Waals surface area (Å²) in [6.07, 6.45) is 1.72. The van der Waals surface area contributed by atoms with E-state index in [4.69, 9.17) is 4.42 Å². The van der Waals surface area contributed by atoms with Crippen LogP contribution in [0.15, 0.2) is 59.1 Å². The Labute approximate surface area is 161 Å². The standard InChI is InChI=1S/C21H18FN3O3/c22-17-8-4-3-7-16(17)18-13-24-20(28-18)14-5-1-2-6-15(14)21(27)25-11-9-19(26)23-10-12-25/h1-8,13H,9-12H2,(H,23,26). The molecule has 0 spiro atoms. The zero-order chi connectivity index (χ0) is 19.5. The van der Waals surface area contributed by atoms with Crippen molar-refractivity contribution in [2.24, 2.45) is 0 Å². The molecule has 0 bridgehead atoms. The first-order valence-electron chi connectivity index (χ1n) is 8.99. The summed E-state index contributed by atoms with van der Waals surface area (Å²) in [7, 11) is 0. The van der Waals surface area contributed by atoms with E-state index in [1.807, 2.05) is 0 Å². The van der Waals surface area contributed by atoms with Gasteiger partial charge in [-0.25, -0.2) is 9.37 Å². The average molecular weight is 379 g/mol. The zero-order valence-corrected chi connectivity index (χ0v) is 15.0. The molecular formula is C21H18FN3O3. The van der Waals surface area contributed by atoms with Gasteiger partial charge in [-0.15, -0.1) is 0 Å². The van der Waals surface area contributed by atoms with Crippen LogP contribution >= 0.6 is 0 Å². The van der Waals surface area contributed by atoms with Crippen molar-refractivity contribution >= 4 is 11.8 Å². The number of carbonyl (C=O) groups is 2. The van der Waals surface area contributed by atoms with Crippen molar-refractivity contribution in [3.8, 4) is 22.8 Å². The third-order valence-corrected chi connectivity index (χ3v) is 4.63. The van der Waals surface area contributed by atoms with Gasteiger partial charge in [-0.05, 0) is 24.3 Å². The molecule has 2 heterocycles. The van der Waals surface area contributed by atoms with Crippen LogP contribution in [0.3, 0.4) is 0 Å². The molecule has 0 aliphatic carbocycles. The molecule has 0 radical (unpaired) electrons. The Morgan fingerprint density at radius 3 is 2.64 bits per heavy atom. The highest BCUT2D eigenvalue weighted by atomic mass is 19.1. The van der Waals surface area contributed by atoms with Crippen molar-refractivity contribution in [1.82, 2.24) is 15.2 Å². The Morgan fingerprint density at radius 2 is 1.82 bits per heavy atom. The number of nitrogens with zero attached hydrogens (tertiary/aromatic N) is 2. The van der Waals surface area contributed by atoms with Gasteiger partial charge in [0.1, 0.15) is 5.82 Å². The molecule has 1 fully saturated rings. The third-order valence-electron chi connectivity index (χ3n) is 4.63. The molecule has 4 rings (SSSR count). The third kappa shape index (κ3) is 3.51. The average Bonchev–Trinajstić information content (AvgIpc) is 3.10. The van der Waals surface area contributed by atoms with Gasteiger partial charge in [0, 0.05) is 31.6 Å². The highest BCUT2D eigenvalue weighted by Crippen LogP contribution is 2.30. The molecule has 1 aliphatic rings. The highest BCUT2D eigenvalue weighted by molar-refractivity contribution is 6.00. The van der Waals surface area contributed by atoms with Gasteiger partial charge < -0.3 is 14.6 Å². The minimum Gasteiger partial charge on any atom is -0.436 e. The van der Waals surface area contributed by atoms with Crippen molar-refractivity contribution in [2.45, 2.75) is 6.42 Å². The Morgan fingerprint density at radius 1 is 1.07 bits per heavy atom. The number of rotatable bonds is 3. The van der Waals surface area contributed by atoms with E-state index in [0.717, 1.165) is 0 Å². The first-order chi connectivity index (χ1) is 13.6. The van der Waals surface area contributed by atoms with E-state index in [9.17, 15) is 14.0 Å². The molecule has 1 saturated heterocycles. The smallest absolute Gasteiger partial charge is 0.254 e. The maximum atomic E-state index is 14.0. The van der Waals surface area contributed by atoms with Crippen LogP contribution < -0.4 is 5.32 Å². The van der Waals surface area contributed by atoms with E-state index >= 15 is 0 Å². The lowest BCUT2D eigenvalue weighted by Gasteiger charge is -2.20. The van der Waals surface area contributed by atoms with Crippen LogP contribution in [-0.4, -0.2) is 41.3 Å². The molecule has 1 aromatic heterocycles. The lowest BCUT2D eigenvalue weighted by molar-refractivity contribution is -0.120. The number of nitrogens with one attached hydrogen (secondary N) is 1. The molecule has 3 aromatic rings. The summed E-state index contributed by atoms with van der Waals surface area (Å²) in [5.41, 5.74) is 1.26. The molecule has 2 aromatic carbocycles. The van der Waals surface area contributed by atoms with Crippen molar-refractivity contribution in [2.75, 3.05) is 19.6 Å². The second kappa shape index (κ2) is 7.64. The van der Waals surface area contributed by atoms with Crippen molar-refractivity contribution in [3.05, 3.63) is 66.1 Å². The SMILES string of the molecule is O=C1CCN(C(=O)c2ccccc2-c2ncc(-c3ccccc3F)o2)CCN1. The Hall–Kier alpha value is -3.48. The van der Waals surface area contributed by atoms with E-state index < -0.39 is 5.82 Å². The number of aromatic nitrogens is 1. The summed E-state index contributed by atoms with van der Waals surface area (Å²) >= 11 is 0. The minimum absolute atomic E-state index is 0.0641. The highest BCUT2D eigenvalue weighted by Gasteiger charge is 2.24. The number of hydrogen-bond donors (Lipinski definition) is 1. The van der Waals surface area contributed by atoms with Crippen LogP contribution in [0.5, 0.6) is 0 Å². The van der Waals surface area contributed by atoms with Gasteiger partial charge in [-0.2, -0.15) is 0 Å². The molecule has 2 amide bonds. The van der Waals surface area contributed by atoms with E-state index in [-0.39, 0.29) is 24.1 Å². The molecule has 0 unspecified atom stereocenters. The molecule has 6 nitrogen and oxygen atoms in total. The summed E-state index contributed by atoms with van der Waals surface area (Å²) in [6, 6.07) is 13.3. The van der Waals surface area contributed by atoms with Crippen LogP contribution in [0.2, 0.25) is 0 Å². The zero-order valence-electron chi connectivity index (χ0n) is 15.0. The van der Waals surface area contributed by atoms with E-state index in [1.165, 1.54) is 12.3 Å². The van der Waals surface area contributed by atoms with Crippen molar-refractivity contribution in [1.29, 1.82) is 0 Å². The van der Waals surface area contributed by atoms with Crippen LogP contribution in [0.1, 0.15) is 16.8 Å². The molecule has 1 N–H and O–H groups in total. The fourth-order valence-electron chi connectivity index (χ4n) is 3.18. The van der Waals surface area contributed by atoms with Gasteiger partial charge in [0.15, 0.2) is 5.76 Å². The van der Waals surface area contributed by atoms with E-state index in [0.29, 0.717) is 42.1 Å². The molecule has 28 heavy (non-hydrogen) atoms. The summed E-state index contributed by atoms with van der Waals surface area (Å²) in [5, 5.41) is 2.75. The molecule has 0 atom stereocenters. The predicted molar refractivity (Wildman–Crippen MR) is 101 cm³/mol. The first-order valence-corrected chi connectivity index (χ1v) is 8.99. The van der Waals surface area contributed by atoms with Gasteiger partial charge in [0.05, 0.1) is 17.3 Å². The Bertz CT molecular complexity index is 1030. The fraction of sp³-hybridized carbons (Fsp3) is 0.190. The first kappa shape index (κ1) is 17.9. The van der Waals surface area contributed by atoms with Gasteiger partial charge in [-0.1, -0.05) is 24.3 Å². The lowest BCUT2D eigenvalue weighted by atomic mass is 10.1. The van der Waals surface area contributed by atoms with Crippen LogP contribution in [0, 0.1) is 5.82 Å². The minimum atomic E-state index is -0.406. The van der Waals surface area contributed by atoms with Gasteiger partial charge in [0.2, 0.25) is 11.8 Å². The van der Waals surface area contributed by atoms with Crippen molar-refractivity contribution < 1.29 is 18.4 Å². The molecule has 142 valence electrons. The number of benzene rings is 2. The van der Waals surface area contributed by atoms with Crippen molar-refractivity contribution in [3.63, 3.8) is 0 Å². The van der Waals surface area contributed by atoms with Crippen LogP contribution in [0.4, 0.5) is 4.39 Å². The molecule has 7 heteroatoms. The quantitative estimate of drug-likeness (QED) is 0.759. The van der Waals surface area contributed by atoms with Crippen LogP contribution in [0.25, 0.3) is 22.8 Å². The number of carbonyl (C=O) groups excluding carboxylic acids is 2. The number of halogens is 1. The molecule has 1 aliphatic heterocycles.